The Morgan fingerprint density at radius 3 is 2.38 bits per heavy atom. The molecule has 0 amide bonds. The van der Waals surface area contributed by atoms with E-state index in [0.29, 0.717) is 16.1 Å². The van der Waals surface area contributed by atoms with Gasteiger partial charge in [0.15, 0.2) is 4.90 Å². The maximum atomic E-state index is 13.3. The van der Waals surface area contributed by atoms with E-state index in [1.807, 2.05) is 0 Å². The normalized spacial score (nSPS) is 15.3. The van der Waals surface area contributed by atoms with Crippen LogP contribution in [0.2, 0.25) is 15.1 Å². The van der Waals surface area contributed by atoms with Crippen molar-refractivity contribution in [3.63, 3.8) is 0 Å². The van der Waals surface area contributed by atoms with Crippen molar-refractivity contribution in [2.24, 2.45) is 0 Å². The molecule has 1 fully saturated rings. The second kappa shape index (κ2) is 10.2. The minimum absolute atomic E-state index is 0.0672. The van der Waals surface area contributed by atoms with Crippen molar-refractivity contribution in [3.8, 4) is 11.1 Å². The van der Waals surface area contributed by atoms with Crippen molar-refractivity contribution in [2.45, 2.75) is 17.4 Å². The zero-order chi connectivity index (χ0) is 27.1. The molecule has 0 atom stereocenters. The van der Waals surface area contributed by atoms with Crippen LogP contribution in [0.25, 0.3) is 11.1 Å². The average Bonchev–Trinajstić information content (AvgIpc) is 3.23. The fourth-order valence-corrected chi connectivity index (χ4v) is 6.96. The number of carbonyl (C=O) groups excluding carboxylic acids is 1. The summed E-state index contributed by atoms with van der Waals surface area (Å²) in [5.41, 5.74) is -0.872. The lowest BCUT2D eigenvalue weighted by atomic mass is 9.88. The molecule has 0 unspecified atom stereocenters. The molecule has 2 heterocycles. The van der Waals surface area contributed by atoms with Crippen molar-refractivity contribution in [3.05, 3.63) is 79.0 Å². The number of hydrogen-bond acceptors (Lipinski definition) is 7. The third kappa shape index (κ3) is 4.71. The summed E-state index contributed by atoms with van der Waals surface area (Å²) in [7, 11) is -2.88. The number of rotatable bonds is 8. The van der Waals surface area contributed by atoms with E-state index < -0.39 is 37.1 Å². The van der Waals surface area contributed by atoms with Gasteiger partial charge in [-0.2, -0.15) is 4.31 Å². The zero-order valence-corrected chi connectivity index (χ0v) is 22.5. The lowest BCUT2D eigenvalue weighted by Crippen LogP contribution is -2.62. The van der Waals surface area contributed by atoms with Crippen LogP contribution in [0, 0.1) is 10.1 Å². The number of aromatic amines is 1. The first-order valence-corrected chi connectivity index (χ1v) is 13.4. The smallest absolute Gasteiger partial charge is 0.340 e. The molecule has 10 nitrogen and oxygen atoms in total. The van der Waals surface area contributed by atoms with E-state index in [2.05, 4.69) is 4.98 Å². The number of methoxy groups -OCH3 is 1. The van der Waals surface area contributed by atoms with Gasteiger partial charge in [-0.05, 0) is 25.1 Å². The molecule has 0 bridgehead atoms. The summed E-state index contributed by atoms with van der Waals surface area (Å²) in [4.78, 5) is 26.3. The topological polar surface area (TPSA) is 132 Å². The highest BCUT2D eigenvalue weighted by atomic mass is 35.5. The molecule has 3 aromatic rings. The number of esters is 1. The number of hydrogen-bond donors (Lipinski definition) is 1. The van der Waals surface area contributed by atoms with Gasteiger partial charge in [-0.1, -0.05) is 46.9 Å². The van der Waals surface area contributed by atoms with Gasteiger partial charge in [0, 0.05) is 35.5 Å². The molecule has 1 aliphatic heterocycles. The Labute approximate surface area is 227 Å². The Hall–Kier alpha value is -2.67. The van der Waals surface area contributed by atoms with Gasteiger partial charge in [0.1, 0.15) is 5.60 Å². The average molecular weight is 589 g/mol. The lowest BCUT2D eigenvalue weighted by molar-refractivity contribution is -0.387. The van der Waals surface area contributed by atoms with Gasteiger partial charge in [-0.3, -0.25) is 10.1 Å². The predicted octanol–water partition coefficient (Wildman–Crippen LogP) is 5.27. The largest absolute Gasteiger partial charge is 0.462 e. The summed E-state index contributed by atoms with van der Waals surface area (Å²) < 4.78 is 38.6. The Balaban J connectivity index is 1.79. The number of para-hydroxylation sites is 1. The van der Waals surface area contributed by atoms with Gasteiger partial charge in [0.05, 0.1) is 45.9 Å². The zero-order valence-electron chi connectivity index (χ0n) is 19.5. The molecule has 1 aromatic heterocycles. The minimum Gasteiger partial charge on any atom is -0.462 e. The highest BCUT2D eigenvalue weighted by Crippen LogP contribution is 2.46. The van der Waals surface area contributed by atoms with Crippen molar-refractivity contribution in [1.82, 2.24) is 9.29 Å². The maximum Gasteiger partial charge on any atom is 0.340 e. The number of ether oxygens (including phenoxy) is 2. The van der Waals surface area contributed by atoms with E-state index in [0.717, 1.165) is 10.4 Å². The van der Waals surface area contributed by atoms with Crippen molar-refractivity contribution in [2.75, 3.05) is 26.8 Å². The first kappa shape index (κ1) is 27.4. The van der Waals surface area contributed by atoms with Crippen LogP contribution >= 0.6 is 34.8 Å². The molecule has 0 spiro atoms. The van der Waals surface area contributed by atoms with E-state index in [4.69, 9.17) is 44.3 Å². The van der Waals surface area contributed by atoms with Gasteiger partial charge < -0.3 is 14.5 Å². The fraction of sp³-hybridized carbons (Fsp3) is 0.261. The maximum absolute atomic E-state index is 13.3. The number of H-pyrrole nitrogens is 1. The van der Waals surface area contributed by atoms with Gasteiger partial charge >= 0.3 is 5.97 Å². The van der Waals surface area contributed by atoms with Gasteiger partial charge in [0.2, 0.25) is 10.0 Å². The Bertz CT molecular complexity index is 1480. The molecule has 1 aliphatic rings. The van der Waals surface area contributed by atoms with Crippen LogP contribution < -0.4 is 0 Å². The molecule has 196 valence electrons. The number of benzene rings is 2. The van der Waals surface area contributed by atoms with Crippen LogP contribution in [-0.2, 0) is 25.1 Å². The monoisotopic (exact) mass is 587 g/mol. The quantitative estimate of drug-likeness (QED) is 0.215. The summed E-state index contributed by atoms with van der Waals surface area (Å²) >= 11 is 18.9. The van der Waals surface area contributed by atoms with Crippen LogP contribution in [0.4, 0.5) is 5.69 Å². The second-order valence-corrected chi connectivity index (χ2v) is 11.3. The number of nitro benzene ring substituents is 1. The Morgan fingerprint density at radius 2 is 1.81 bits per heavy atom. The second-order valence-electron chi connectivity index (χ2n) is 8.11. The van der Waals surface area contributed by atoms with Gasteiger partial charge in [-0.15, -0.1) is 0 Å². The summed E-state index contributed by atoms with van der Waals surface area (Å²) in [6.45, 7) is 1.25. The van der Waals surface area contributed by atoms with Crippen molar-refractivity contribution < 1.29 is 27.6 Å². The number of nitro groups is 1. The SMILES string of the molecule is CCOC(=O)c1c(-c2c(Cl)cc(Cl)cc2Cl)c[nH]c1C1(OC)CN(S(=O)(=O)c2ccccc2[N+](=O)[O-])C1. The number of carbonyl (C=O) groups is 1. The first-order valence-electron chi connectivity index (χ1n) is 10.8. The fourth-order valence-electron chi connectivity index (χ4n) is 4.24. The molecule has 0 aliphatic carbocycles. The molecule has 1 N–H and O–H groups in total. The van der Waals surface area contributed by atoms with E-state index in [1.54, 1.807) is 6.92 Å². The molecule has 0 saturated carbocycles. The highest BCUT2D eigenvalue weighted by Gasteiger charge is 2.54. The number of halogens is 3. The van der Waals surface area contributed by atoms with Crippen LogP contribution in [0.15, 0.2) is 47.5 Å². The number of nitrogens with one attached hydrogen (secondary N) is 1. The summed E-state index contributed by atoms with van der Waals surface area (Å²) in [6.07, 6.45) is 1.50. The van der Waals surface area contributed by atoms with Gasteiger partial charge in [-0.25, -0.2) is 13.2 Å². The van der Waals surface area contributed by atoms with Crippen LogP contribution in [-0.4, -0.2) is 55.4 Å². The van der Waals surface area contributed by atoms with Crippen LogP contribution in [0.3, 0.4) is 0 Å². The molecule has 37 heavy (non-hydrogen) atoms. The highest BCUT2D eigenvalue weighted by molar-refractivity contribution is 7.89. The van der Waals surface area contributed by atoms with E-state index in [1.165, 1.54) is 43.6 Å². The standard InChI is InChI=1S/C23H20Cl3N3O7S/c1-3-36-22(30)20-14(19-15(25)8-13(24)9-16(19)26)10-27-21(20)23(35-2)11-28(12-23)37(33,34)18-7-5-4-6-17(18)29(31)32/h4-10,27H,3,11-12H2,1-2H3. The minimum atomic E-state index is -4.25. The van der Waals surface area contributed by atoms with Crippen molar-refractivity contribution in [1.29, 1.82) is 0 Å². The molecule has 14 heteroatoms. The Kier molecular flexibility index (Phi) is 7.57. The molecule has 1 saturated heterocycles. The number of aromatic nitrogens is 1. The number of sulfonamides is 1. The molecule has 4 rings (SSSR count). The summed E-state index contributed by atoms with van der Waals surface area (Å²) in [5, 5.41) is 12.1. The van der Waals surface area contributed by atoms with E-state index in [9.17, 15) is 23.3 Å². The van der Waals surface area contributed by atoms with Crippen LogP contribution in [0.1, 0.15) is 23.0 Å². The van der Waals surface area contributed by atoms with E-state index >= 15 is 0 Å². The van der Waals surface area contributed by atoms with Gasteiger partial charge in [0.25, 0.3) is 5.69 Å². The van der Waals surface area contributed by atoms with Crippen molar-refractivity contribution >= 4 is 56.5 Å². The summed E-state index contributed by atoms with van der Waals surface area (Å²) in [5.74, 6) is -0.702. The third-order valence-electron chi connectivity index (χ3n) is 6.03. The Morgan fingerprint density at radius 1 is 1.19 bits per heavy atom. The third-order valence-corrected chi connectivity index (χ3v) is 8.68. The van der Waals surface area contributed by atoms with E-state index in [-0.39, 0.29) is 41.0 Å². The molecule has 2 aromatic carbocycles. The molecular formula is C23H20Cl3N3O7S. The predicted molar refractivity (Wildman–Crippen MR) is 138 cm³/mol. The lowest BCUT2D eigenvalue weighted by Gasteiger charge is -2.47. The number of nitrogens with zero attached hydrogens (tertiary/aromatic N) is 2. The molecular weight excluding hydrogens is 569 g/mol. The molecule has 0 radical (unpaired) electrons. The first-order chi connectivity index (χ1) is 17.5. The summed E-state index contributed by atoms with van der Waals surface area (Å²) in [6, 6.07) is 8.02. The van der Waals surface area contributed by atoms with Crippen LogP contribution in [0.5, 0.6) is 0 Å².